The molecule has 0 unspecified atom stereocenters. The number of nitrogens with one attached hydrogen (secondary N) is 1. The molecule has 0 saturated carbocycles. The van der Waals surface area contributed by atoms with Gasteiger partial charge in [0.15, 0.2) is 5.76 Å². The minimum Gasteiger partial charge on any atom is -0.453 e. The number of benzene rings is 1. The van der Waals surface area contributed by atoms with Crippen molar-refractivity contribution >= 4 is 11.7 Å². The Kier molecular flexibility index (Phi) is 3.87. The Labute approximate surface area is 107 Å². The van der Waals surface area contributed by atoms with Gasteiger partial charge in [0, 0.05) is 12.1 Å². The summed E-state index contributed by atoms with van der Waals surface area (Å²) in [5, 5.41) is 2.82. The molecule has 1 heterocycles. The highest BCUT2D eigenvalue weighted by molar-refractivity contribution is 5.98. The average Bonchev–Trinajstić information content (AvgIpc) is 2.86. The van der Waals surface area contributed by atoms with E-state index in [4.69, 9.17) is 9.47 Å². The van der Waals surface area contributed by atoms with E-state index in [9.17, 15) is 4.79 Å². The van der Waals surface area contributed by atoms with E-state index < -0.39 is 0 Å². The zero-order valence-electron chi connectivity index (χ0n) is 10.6. The summed E-state index contributed by atoms with van der Waals surface area (Å²) in [6, 6.07) is 9.49. The van der Waals surface area contributed by atoms with Gasteiger partial charge >= 0.3 is 0 Å². The first-order valence-electron chi connectivity index (χ1n) is 6.02. The van der Waals surface area contributed by atoms with Gasteiger partial charge in [0.05, 0.1) is 0 Å². The predicted molar refractivity (Wildman–Crippen MR) is 68.2 cm³/mol. The number of ether oxygens (including phenoxy) is 2. The SMILES string of the molecule is CC(C)CNC(=O)C1=C(c2ccccc2)OCO1. The third-order valence-corrected chi connectivity index (χ3v) is 2.53. The maximum Gasteiger partial charge on any atom is 0.290 e. The zero-order chi connectivity index (χ0) is 13.0. The van der Waals surface area contributed by atoms with E-state index in [0.29, 0.717) is 18.2 Å². The van der Waals surface area contributed by atoms with Crippen LogP contribution in [-0.4, -0.2) is 19.2 Å². The Hall–Kier alpha value is -1.97. The van der Waals surface area contributed by atoms with Crippen LogP contribution in [0, 0.1) is 5.92 Å². The second-order valence-electron chi connectivity index (χ2n) is 4.53. The first-order valence-corrected chi connectivity index (χ1v) is 6.02. The van der Waals surface area contributed by atoms with Gasteiger partial charge in [-0.05, 0) is 5.92 Å². The number of hydrogen-bond acceptors (Lipinski definition) is 3. The highest BCUT2D eigenvalue weighted by Gasteiger charge is 2.25. The van der Waals surface area contributed by atoms with Crippen molar-refractivity contribution < 1.29 is 14.3 Å². The summed E-state index contributed by atoms with van der Waals surface area (Å²) in [4.78, 5) is 12.0. The molecular formula is C14H17NO3. The van der Waals surface area contributed by atoms with Crippen molar-refractivity contribution in [2.75, 3.05) is 13.3 Å². The molecule has 0 spiro atoms. The molecule has 1 N–H and O–H groups in total. The molecule has 1 aromatic rings. The first kappa shape index (κ1) is 12.5. The van der Waals surface area contributed by atoms with Crippen LogP contribution in [0.5, 0.6) is 0 Å². The Morgan fingerprint density at radius 3 is 2.67 bits per heavy atom. The second-order valence-corrected chi connectivity index (χ2v) is 4.53. The lowest BCUT2D eigenvalue weighted by Gasteiger charge is -2.08. The van der Waals surface area contributed by atoms with Crippen LogP contribution in [-0.2, 0) is 14.3 Å². The van der Waals surface area contributed by atoms with Gasteiger partial charge in [0.2, 0.25) is 12.6 Å². The van der Waals surface area contributed by atoms with E-state index in [0.717, 1.165) is 5.56 Å². The summed E-state index contributed by atoms with van der Waals surface area (Å²) in [7, 11) is 0. The molecule has 2 rings (SSSR count). The van der Waals surface area contributed by atoms with E-state index in [1.807, 2.05) is 44.2 Å². The molecule has 18 heavy (non-hydrogen) atoms. The van der Waals surface area contributed by atoms with E-state index in [2.05, 4.69) is 5.32 Å². The van der Waals surface area contributed by atoms with Crippen LogP contribution in [0.3, 0.4) is 0 Å². The van der Waals surface area contributed by atoms with E-state index in [-0.39, 0.29) is 18.5 Å². The van der Waals surface area contributed by atoms with Crippen molar-refractivity contribution in [2.45, 2.75) is 13.8 Å². The van der Waals surface area contributed by atoms with Gasteiger partial charge in [-0.1, -0.05) is 44.2 Å². The molecule has 96 valence electrons. The monoisotopic (exact) mass is 247 g/mol. The number of amides is 1. The van der Waals surface area contributed by atoms with Crippen LogP contribution < -0.4 is 5.32 Å². The molecule has 1 aromatic carbocycles. The summed E-state index contributed by atoms with van der Waals surface area (Å²) < 4.78 is 10.6. The van der Waals surface area contributed by atoms with Gasteiger partial charge < -0.3 is 14.8 Å². The van der Waals surface area contributed by atoms with Crippen LogP contribution in [0.2, 0.25) is 0 Å². The van der Waals surface area contributed by atoms with Crippen LogP contribution in [0.15, 0.2) is 36.1 Å². The lowest BCUT2D eigenvalue weighted by molar-refractivity contribution is -0.121. The summed E-state index contributed by atoms with van der Waals surface area (Å²) in [6.07, 6.45) is 0. The normalized spacial score (nSPS) is 14.4. The number of carbonyl (C=O) groups excluding carboxylic acids is 1. The van der Waals surface area contributed by atoms with Crippen molar-refractivity contribution in [3.63, 3.8) is 0 Å². The molecule has 0 aromatic heterocycles. The van der Waals surface area contributed by atoms with Gasteiger partial charge in [0.1, 0.15) is 0 Å². The molecule has 0 fully saturated rings. The molecule has 1 aliphatic rings. The van der Waals surface area contributed by atoms with Crippen molar-refractivity contribution in [3.05, 3.63) is 41.7 Å². The predicted octanol–water partition coefficient (Wildman–Crippen LogP) is 2.13. The highest BCUT2D eigenvalue weighted by Crippen LogP contribution is 2.26. The zero-order valence-corrected chi connectivity index (χ0v) is 10.6. The van der Waals surface area contributed by atoms with Crippen molar-refractivity contribution in [1.82, 2.24) is 5.32 Å². The van der Waals surface area contributed by atoms with E-state index in [1.54, 1.807) is 0 Å². The third kappa shape index (κ3) is 2.83. The highest BCUT2D eigenvalue weighted by atomic mass is 16.7. The van der Waals surface area contributed by atoms with Crippen LogP contribution in [0.4, 0.5) is 0 Å². The molecule has 0 radical (unpaired) electrons. The smallest absolute Gasteiger partial charge is 0.290 e. The second kappa shape index (κ2) is 5.58. The van der Waals surface area contributed by atoms with Crippen molar-refractivity contribution in [1.29, 1.82) is 0 Å². The standard InChI is InChI=1S/C14H17NO3/c1-10(2)8-15-14(16)13-12(17-9-18-13)11-6-4-3-5-7-11/h3-7,10H,8-9H2,1-2H3,(H,15,16). The van der Waals surface area contributed by atoms with Crippen LogP contribution in [0.25, 0.3) is 5.76 Å². The maximum atomic E-state index is 12.0. The number of hydrogen-bond donors (Lipinski definition) is 1. The fraction of sp³-hybridized carbons (Fsp3) is 0.357. The Balaban J connectivity index is 2.16. The fourth-order valence-corrected chi connectivity index (χ4v) is 1.63. The minimum absolute atomic E-state index is 0.0919. The van der Waals surface area contributed by atoms with Crippen molar-refractivity contribution in [2.24, 2.45) is 5.92 Å². The lowest BCUT2D eigenvalue weighted by atomic mass is 10.1. The molecule has 0 bridgehead atoms. The largest absolute Gasteiger partial charge is 0.453 e. The van der Waals surface area contributed by atoms with Gasteiger partial charge in [0.25, 0.3) is 5.91 Å². The van der Waals surface area contributed by atoms with E-state index in [1.165, 1.54) is 0 Å². The van der Waals surface area contributed by atoms with Crippen LogP contribution >= 0.6 is 0 Å². The molecule has 0 aliphatic carbocycles. The maximum absolute atomic E-state index is 12.0. The lowest BCUT2D eigenvalue weighted by Crippen LogP contribution is -2.29. The quantitative estimate of drug-likeness (QED) is 0.886. The Bertz CT molecular complexity index is 451. The minimum atomic E-state index is -0.222. The Morgan fingerprint density at radius 1 is 1.28 bits per heavy atom. The molecule has 4 heteroatoms. The van der Waals surface area contributed by atoms with Gasteiger partial charge in [-0.15, -0.1) is 0 Å². The molecule has 0 saturated heterocycles. The average molecular weight is 247 g/mol. The summed E-state index contributed by atoms with van der Waals surface area (Å²) in [6.45, 7) is 4.79. The first-order chi connectivity index (χ1) is 8.68. The molecular weight excluding hydrogens is 230 g/mol. The van der Waals surface area contributed by atoms with E-state index >= 15 is 0 Å². The fourth-order valence-electron chi connectivity index (χ4n) is 1.63. The molecule has 1 amide bonds. The number of carbonyl (C=O) groups is 1. The van der Waals surface area contributed by atoms with Gasteiger partial charge in [-0.3, -0.25) is 4.79 Å². The summed E-state index contributed by atoms with van der Waals surface area (Å²) >= 11 is 0. The van der Waals surface area contributed by atoms with Crippen molar-refractivity contribution in [3.8, 4) is 0 Å². The molecule has 1 aliphatic heterocycles. The number of rotatable bonds is 4. The third-order valence-electron chi connectivity index (χ3n) is 2.53. The molecule has 0 atom stereocenters. The molecule has 4 nitrogen and oxygen atoms in total. The topological polar surface area (TPSA) is 47.6 Å². The Morgan fingerprint density at radius 2 is 2.00 bits per heavy atom. The van der Waals surface area contributed by atoms with Gasteiger partial charge in [-0.25, -0.2) is 0 Å². The summed E-state index contributed by atoms with van der Waals surface area (Å²) in [5.74, 6) is 0.954. The van der Waals surface area contributed by atoms with Gasteiger partial charge in [-0.2, -0.15) is 0 Å². The summed E-state index contributed by atoms with van der Waals surface area (Å²) in [5.41, 5.74) is 0.852. The van der Waals surface area contributed by atoms with Crippen LogP contribution in [0.1, 0.15) is 19.4 Å².